The van der Waals surface area contributed by atoms with Gasteiger partial charge in [0.25, 0.3) is 11.4 Å². The summed E-state index contributed by atoms with van der Waals surface area (Å²) in [4.78, 5) is 32.0. The average molecular weight is 389 g/mol. The van der Waals surface area contributed by atoms with Gasteiger partial charge in [-0.25, -0.2) is 0 Å². The molecule has 1 aromatic rings. The largest absolute Gasteiger partial charge is 0.366 e. The van der Waals surface area contributed by atoms with Crippen molar-refractivity contribution in [2.24, 2.45) is 5.73 Å². The highest BCUT2D eigenvalue weighted by molar-refractivity contribution is 8.03. The van der Waals surface area contributed by atoms with Crippen LogP contribution >= 0.6 is 35.9 Å². The van der Waals surface area contributed by atoms with Gasteiger partial charge in [-0.1, -0.05) is 12.2 Å². The van der Waals surface area contributed by atoms with Gasteiger partial charge in [-0.15, -0.1) is 11.8 Å². The number of nitrogens with zero attached hydrogens (tertiary/aromatic N) is 2. The summed E-state index contributed by atoms with van der Waals surface area (Å²) in [5, 5.41) is 25.4. The van der Waals surface area contributed by atoms with E-state index in [0.717, 1.165) is 23.8 Å². The van der Waals surface area contributed by atoms with Crippen LogP contribution in [0.1, 0.15) is 15.9 Å². The van der Waals surface area contributed by atoms with Gasteiger partial charge in [-0.05, 0) is 11.9 Å². The monoisotopic (exact) mass is 389 g/mol. The molecule has 1 fully saturated rings. The molecule has 0 spiro atoms. The molecule has 0 radical (unpaired) electrons. The van der Waals surface area contributed by atoms with Gasteiger partial charge >= 0.3 is 0 Å². The Morgan fingerprint density at radius 2 is 2.12 bits per heavy atom. The lowest BCUT2D eigenvalue weighted by atomic mass is 10.0. The Balaban J connectivity index is 2.41. The summed E-state index contributed by atoms with van der Waals surface area (Å²) in [5.41, 5.74) is 3.36. The highest BCUT2D eigenvalue weighted by Crippen LogP contribution is 2.30. The Morgan fingerprint density at radius 3 is 2.62 bits per heavy atom. The third-order valence-corrected chi connectivity index (χ3v) is 5.50. The molecule has 0 saturated carbocycles. The lowest BCUT2D eigenvalue weighted by molar-refractivity contribution is -0.394. The van der Waals surface area contributed by atoms with E-state index < -0.39 is 27.1 Å². The van der Waals surface area contributed by atoms with Crippen LogP contribution in [0.25, 0.3) is 0 Å². The maximum Gasteiger partial charge on any atom is 0.287 e. The van der Waals surface area contributed by atoms with Crippen LogP contribution < -0.4 is 15.8 Å². The Kier molecular flexibility index (Phi) is 5.93. The van der Waals surface area contributed by atoms with Crippen LogP contribution in [0.2, 0.25) is 0 Å². The van der Waals surface area contributed by atoms with Gasteiger partial charge in [0, 0.05) is 17.7 Å². The molecule has 0 aromatic heterocycles. The maximum atomic E-state index is 11.6. The zero-order chi connectivity index (χ0) is 17.9. The highest BCUT2D eigenvalue weighted by Gasteiger charge is 2.29. The normalized spacial score (nSPS) is 16.6. The number of carbonyl (C=O) groups excluding carboxylic acids is 1. The van der Waals surface area contributed by atoms with Crippen molar-refractivity contribution < 1.29 is 14.6 Å². The summed E-state index contributed by atoms with van der Waals surface area (Å²) in [5.74, 6) is 0.544. The molecule has 13 heteroatoms. The number of carbonyl (C=O) groups is 1. The van der Waals surface area contributed by atoms with Gasteiger partial charge < -0.3 is 10.5 Å². The first-order valence-electron chi connectivity index (χ1n) is 6.35. The van der Waals surface area contributed by atoms with Gasteiger partial charge in [-0.2, -0.15) is 0 Å². The van der Waals surface area contributed by atoms with Gasteiger partial charge in [0.1, 0.15) is 10.6 Å². The summed E-state index contributed by atoms with van der Waals surface area (Å²) in [6.45, 7) is 0. The van der Waals surface area contributed by atoms with E-state index in [1.807, 2.05) is 0 Å². The summed E-state index contributed by atoms with van der Waals surface area (Å²) < 4.78 is 2.77. The summed E-state index contributed by atoms with van der Waals surface area (Å²) in [7, 11) is 0. The number of benzene rings is 1. The minimum Gasteiger partial charge on any atom is -0.366 e. The topological polar surface area (TPSA) is 153 Å². The number of non-ortho nitro benzene ring substituents is 1. The van der Waals surface area contributed by atoms with Crippen molar-refractivity contribution in [2.45, 2.75) is 5.37 Å². The predicted octanol–water partition coefficient (Wildman–Crippen LogP) is 1.14. The third kappa shape index (κ3) is 4.11. The fourth-order valence-electron chi connectivity index (χ4n) is 1.92. The minimum absolute atomic E-state index is 0.0436. The summed E-state index contributed by atoms with van der Waals surface area (Å²) in [6, 6.07) is 1.64. The zero-order valence-electron chi connectivity index (χ0n) is 11.9. The maximum absolute atomic E-state index is 11.6. The number of primary amides is 1. The molecule has 1 unspecified atom stereocenters. The van der Waals surface area contributed by atoms with Crippen LogP contribution in [0.4, 0.5) is 11.4 Å². The minimum atomic E-state index is -1.04. The van der Waals surface area contributed by atoms with Crippen LogP contribution in [-0.4, -0.2) is 37.7 Å². The number of nitro benzene ring substituents is 2. The van der Waals surface area contributed by atoms with Crippen LogP contribution in [0.3, 0.4) is 0 Å². The molecule has 1 heterocycles. The van der Waals surface area contributed by atoms with E-state index in [9.17, 15) is 25.0 Å². The second-order valence-corrected chi connectivity index (χ2v) is 6.97. The second-order valence-electron chi connectivity index (χ2n) is 4.52. The molecule has 1 amide bonds. The van der Waals surface area contributed by atoms with Crippen LogP contribution in [0.15, 0.2) is 12.1 Å². The Bertz CT molecular complexity index is 687. The smallest absolute Gasteiger partial charge is 0.287 e. The lowest BCUT2D eigenvalue weighted by Gasteiger charge is -2.13. The third-order valence-electron chi connectivity index (χ3n) is 2.98. The van der Waals surface area contributed by atoms with Crippen molar-refractivity contribution in [3.63, 3.8) is 0 Å². The predicted molar refractivity (Wildman–Crippen MR) is 94.9 cm³/mol. The van der Waals surface area contributed by atoms with Crippen molar-refractivity contribution in [1.29, 1.82) is 0 Å². The van der Waals surface area contributed by atoms with Gasteiger partial charge in [-0.3, -0.25) is 30.3 Å². The number of rotatable bonds is 6. The molecule has 1 atom stereocenters. The van der Waals surface area contributed by atoms with Gasteiger partial charge in [0.15, 0.2) is 0 Å². The number of thiocarbonyl (C=S) groups is 1. The summed E-state index contributed by atoms with van der Waals surface area (Å²) in [6.07, 6.45) is 0. The van der Waals surface area contributed by atoms with E-state index in [0.29, 0.717) is 0 Å². The molecule has 1 aliphatic rings. The molecule has 24 heavy (non-hydrogen) atoms. The van der Waals surface area contributed by atoms with E-state index in [1.165, 1.54) is 11.9 Å². The first-order valence-corrected chi connectivity index (χ1v) is 8.79. The van der Waals surface area contributed by atoms with E-state index in [-0.39, 0.29) is 21.5 Å². The van der Waals surface area contributed by atoms with E-state index in [2.05, 4.69) is 10.0 Å². The number of nitro groups is 2. The molecule has 10 nitrogen and oxygen atoms in total. The molecule has 1 aliphatic heterocycles. The summed E-state index contributed by atoms with van der Waals surface area (Å²) >= 11 is 8.01. The van der Waals surface area contributed by atoms with E-state index in [1.54, 1.807) is 11.8 Å². The number of amides is 1. The van der Waals surface area contributed by atoms with Crippen LogP contribution in [0, 0.1) is 20.2 Å². The van der Waals surface area contributed by atoms with E-state index in [4.69, 9.17) is 18.0 Å². The average Bonchev–Trinajstić information content (AvgIpc) is 3.04. The molecule has 0 bridgehead atoms. The highest BCUT2D eigenvalue weighted by atomic mass is 32.2. The number of hydrogen-bond acceptors (Lipinski definition) is 9. The number of nitrogens with one attached hydrogen (secondary N) is 2. The fraction of sp³-hybridized carbons (Fsp3) is 0.273. The number of thioether (sulfide) groups is 1. The first kappa shape index (κ1) is 18.4. The van der Waals surface area contributed by atoms with Crippen molar-refractivity contribution in [2.75, 3.05) is 11.6 Å². The second kappa shape index (κ2) is 7.74. The lowest BCUT2D eigenvalue weighted by Crippen LogP contribution is -2.28. The van der Waals surface area contributed by atoms with Crippen molar-refractivity contribution >= 4 is 58.2 Å². The number of nitrogens with two attached hydrogens (primary N) is 1. The van der Waals surface area contributed by atoms with Gasteiger partial charge in [0.05, 0.1) is 26.9 Å². The molecule has 0 aliphatic carbocycles. The van der Waals surface area contributed by atoms with Crippen molar-refractivity contribution in [3.05, 3.63) is 43.5 Å². The van der Waals surface area contributed by atoms with Crippen LogP contribution in [0.5, 0.6) is 0 Å². The molecule has 128 valence electrons. The number of hydrogen-bond donors (Lipinski definition) is 3. The van der Waals surface area contributed by atoms with Crippen LogP contribution in [-0.2, 0) is 0 Å². The van der Waals surface area contributed by atoms with Crippen molar-refractivity contribution in [3.8, 4) is 0 Å². The Hall–Kier alpha value is -1.96. The Labute approximate surface area is 149 Å². The SMILES string of the molecule is NC(=O)c1cc([N+](=O)[O-])cc([N+](=O)[O-])c1C(=S)NSC1CSCN1. The molecule has 4 N–H and O–H groups in total. The molecular formula is C11H11N5O5S3. The first-order chi connectivity index (χ1) is 11.3. The quantitative estimate of drug-likeness (QED) is 0.279. The Morgan fingerprint density at radius 1 is 1.42 bits per heavy atom. The molecular weight excluding hydrogens is 378 g/mol. The van der Waals surface area contributed by atoms with Gasteiger partial charge in [0.2, 0.25) is 5.91 Å². The fourth-order valence-corrected chi connectivity index (χ4v) is 4.23. The molecule has 1 saturated heterocycles. The van der Waals surface area contributed by atoms with Crippen molar-refractivity contribution in [1.82, 2.24) is 10.0 Å². The molecule has 1 aromatic carbocycles. The standard InChI is InChI=1S/C11H11N5O5S3/c12-10(17)6-1-5(15(18)19)2-7(16(20)21)9(6)11(22)14-24-8-3-23-4-13-8/h1-2,8,13H,3-4H2,(H2,12,17)(H,14,22). The molecule has 2 rings (SSSR count). The zero-order valence-corrected chi connectivity index (χ0v) is 14.3. The van der Waals surface area contributed by atoms with E-state index >= 15 is 0 Å².